The summed E-state index contributed by atoms with van der Waals surface area (Å²) in [4.78, 5) is 22.0. The average molecular weight is 527 g/mol. The molecule has 202 valence electrons. The summed E-state index contributed by atoms with van der Waals surface area (Å²) in [6.07, 6.45) is 1.79. The summed E-state index contributed by atoms with van der Waals surface area (Å²) in [6, 6.07) is 17.9. The second-order valence-electron chi connectivity index (χ2n) is 10.1. The normalized spacial score (nSPS) is 12.9. The number of aromatic nitrogens is 2. The fourth-order valence-corrected chi connectivity index (χ4v) is 4.97. The molecule has 0 unspecified atom stereocenters. The highest BCUT2D eigenvalue weighted by atomic mass is 16.5. The number of nitrogens with zero attached hydrogens (tertiary/aromatic N) is 4. The van der Waals surface area contributed by atoms with Crippen LogP contribution in [0.4, 0.5) is 5.69 Å². The second-order valence-corrected chi connectivity index (χ2v) is 10.1. The number of carbonyl (C=O) groups is 1. The number of ether oxygens (including phenoxy) is 2. The van der Waals surface area contributed by atoms with Crippen molar-refractivity contribution in [3.63, 3.8) is 0 Å². The maximum Gasteiger partial charge on any atom is 0.258 e. The molecule has 4 aromatic rings. The molecule has 2 heterocycles. The van der Waals surface area contributed by atoms with Crippen molar-refractivity contribution in [1.82, 2.24) is 15.0 Å². The highest BCUT2D eigenvalue weighted by Crippen LogP contribution is 2.43. The van der Waals surface area contributed by atoms with Gasteiger partial charge < -0.3 is 23.8 Å². The molecule has 0 atom stereocenters. The smallest absolute Gasteiger partial charge is 0.258 e. The zero-order chi connectivity index (χ0) is 27.5. The van der Waals surface area contributed by atoms with Crippen LogP contribution in [0.25, 0.3) is 22.5 Å². The Labute approximate surface area is 229 Å². The fourth-order valence-electron chi connectivity index (χ4n) is 4.97. The number of aryl methyl sites for hydroxylation is 3. The molecule has 8 heteroatoms. The lowest BCUT2D eigenvalue weighted by atomic mass is 9.96. The molecule has 0 spiro atoms. The van der Waals surface area contributed by atoms with Gasteiger partial charge in [-0.25, -0.2) is 0 Å². The van der Waals surface area contributed by atoms with Gasteiger partial charge >= 0.3 is 0 Å². The minimum absolute atomic E-state index is 0.0502. The number of likely N-dealkylation sites (N-methyl/N-ethyl adjacent to an activating group) is 1. The van der Waals surface area contributed by atoms with E-state index in [0.29, 0.717) is 41.9 Å². The van der Waals surface area contributed by atoms with E-state index in [4.69, 9.17) is 14.0 Å². The summed E-state index contributed by atoms with van der Waals surface area (Å²) in [5.41, 5.74) is 6.65. The first kappa shape index (κ1) is 26.4. The first-order valence-corrected chi connectivity index (χ1v) is 13.2. The third-order valence-electron chi connectivity index (χ3n) is 6.98. The molecule has 1 amide bonds. The molecule has 0 saturated heterocycles. The predicted molar refractivity (Wildman–Crippen MR) is 152 cm³/mol. The van der Waals surface area contributed by atoms with Gasteiger partial charge in [-0.3, -0.25) is 4.79 Å². The van der Waals surface area contributed by atoms with Crippen molar-refractivity contribution in [3.05, 3.63) is 77.2 Å². The molecule has 8 nitrogen and oxygen atoms in total. The minimum Gasteiger partial charge on any atom is -0.491 e. The Morgan fingerprint density at radius 3 is 2.49 bits per heavy atom. The molecule has 0 N–H and O–H groups in total. The summed E-state index contributed by atoms with van der Waals surface area (Å²) in [7, 11) is 5.65. The van der Waals surface area contributed by atoms with Crippen molar-refractivity contribution in [3.8, 4) is 34.0 Å². The lowest BCUT2D eigenvalue weighted by Gasteiger charge is -2.32. The van der Waals surface area contributed by atoms with Crippen LogP contribution < -0.4 is 14.4 Å². The van der Waals surface area contributed by atoms with Gasteiger partial charge in [0.1, 0.15) is 6.61 Å². The van der Waals surface area contributed by atoms with E-state index in [9.17, 15) is 4.79 Å². The van der Waals surface area contributed by atoms with Gasteiger partial charge in [0, 0.05) is 31.1 Å². The van der Waals surface area contributed by atoms with Crippen molar-refractivity contribution in [2.45, 2.75) is 26.7 Å². The average Bonchev–Trinajstić information content (AvgIpc) is 3.38. The second kappa shape index (κ2) is 11.3. The fraction of sp³-hybridized carbons (Fsp3) is 0.323. The molecular formula is C31H34N4O4. The molecular weight excluding hydrogens is 492 g/mol. The molecule has 1 aliphatic rings. The monoisotopic (exact) mass is 526 g/mol. The van der Waals surface area contributed by atoms with Crippen molar-refractivity contribution < 1.29 is 18.8 Å². The van der Waals surface area contributed by atoms with Crippen LogP contribution in [-0.4, -0.2) is 61.8 Å². The van der Waals surface area contributed by atoms with E-state index in [1.165, 1.54) is 0 Å². The van der Waals surface area contributed by atoms with Crippen molar-refractivity contribution in [2.24, 2.45) is 0 Å². The van der Waals surface area contributed by atoms with Crippen molar-refractivity contribution in [1.29, 1.82) is 0 Å². The van der Waals surface area contributed by atoms with Gasteiger partial charge in [-0.1, -0.05) is 35.5 Å². The zero-order valence-electron chi connectivity index (χ0n) is 23.2. The SMILES string of the molecule is COc1c(OCCN(C)C)ccc2c1N(C(=O)c1ccc(-c3ccc(-c4noc(C)n4)cc3C)cc1)CCC2. The highest BCUT2D eigenvalue weighted by molar-refractivity contribution is 6.08. The van der Waals surface area contributed by atoms with Gasteiger partial charge in [-0.2, -0.15) is 4.98 Å². The van der Waals surface area contributed by atoms with E-state index < -0.39 is 0 Å². The van der Waals surface area contributed by atoms with Gasteiger partial charge in [-0.15, -0.1) is 0 Å². The first-order chi connectivity index (χ1) is 18.9. The van der Waals surface area contributed by atoms with Gasteiger partial charge in [0.05, 0.1) is 12.8 Å². The Bertz CT molecular complexity index is 1480. The molecule has 1 aromatic heterocycles. The number of benzene rings is 3. The van der Waals surface area contributed by atoms with Crippen molar-refractivity contribution in [2.75, 3.05) is 45.8 Å². The number of methoxy groups -OCH3 is 1. The quantitative estimate of drug-likeness (QED) is 0.297. The molecule has 3 aromatic carbocycles. The van der Waals surface area contributed by atoms with E-state index in [2.05, 4.69) is 28.0 Å². The Morgan fingerprint density at radius 2 is 1.82 bits per heavy atom. The van der Waals surface area contributed by atoms with Gasteiger partial charge in [-0.05, 0) is 80.4 Å². The third kappa shape index (κ3) is 5.52. The molecule has 5 rings (SSSR count). The first-order valence-electron chi connectivity index (χ1n) is 13.2. The van der Waals surface area contributed by atoms with Crippen LogP contribution in [0.3, 0.4) is 0 Å². The lowest BCUT2D eigenvalue weighted by Crippen LogP contribution is -2.36. The van der Waals surface area contributed by atoms with Crippen LogP contribution in [0.1, 0.15) is 33.8 Å². The Hall–Kier alpha value is -4.17. The zero-order valence-corrected chi connectivity index (χ0v) is 23.2. The summed E-state index contributed by atoms with van der Waals surface area (Å²) < 4.78 is 17.0. The number of rotatable bonds is 8. The Morgan fingerprint density at radius 1 is 1.05 bits per heavy atom. The van der Waals surface area contributed by atoms with Gasteiger partial charge in [0.25, 0.3) is 5.91 Å². The maximum absolute atomic E-state index is 13.8. The van der Waals surface area contributed by atoms with E-state index in [1.54, 1.807) is 14.0 Å². The number of amides is 1. The number of fused-ring (bicyclic) bond motifs is 1. The van der Waals surface area contributed by atoms with Gasteiger partial charge in [0.2, 0.25) is 11.7 Å². The Kier molecular flexibility index (Phi) is 7.65. The standard InChI is InChI=1S/C31H34N4O4/c1-20-19-25(30-32-21(2)39-33-30)12-14-26(20)22-8-10-24(11-9-22)31(36)35-16-6-7-23-13-15-27(29(37-5)28(23)35)38-18-17-34(3)4/h8-15,19H,6-7,16-18H2,1-5H3. The van der Waals surface area contributed by atoms with E-state index in [0.717, 1.165) is 52.9 Å². The maximum atomic E-state index is 13.8. The molecule has 0 saturated carbocycles. The van der Waals surface area contributed by atoms with Gasteiger partial charge in [0.15, 0.2) is 11.5 Å². The summed E-state index contributed by atoms with van der Waals surface area (Å²) in [5.74, 6) is 2.33. The van der Waals surface area contributed by atoms with E-state index in [-0.39, 0.29) is 5.91 Å². The molecule has 39 heavy (non-hydrogen) atoms. The summed E-state index contributed by atoms with van der Waals surface area (Å²) in [6.45, 7) is 5.78. The highest BCUT2D eigenvalue weighted by Gasteiger charge is 2.29. The van der Waals surface area contributed by atoms with Crippen LogP contribution in [0.15, 0.2) is 59.1 Å². The summed E-state index contributed by atoms with van der Waals surface area (Å²) >= 11 is 0. The molecule has 1 aliphatic heterocycles. The van der Waals surface area contributed by atoms with Crippen LogP contribution in [0, 0.1) is 13.8 Å². The topological polar surface area (TPSA) is 80.9 Å². The third-order valence-corrected chi connectivity index (χ3v) is 6.98. The molecule has 0 fully saturated rings. The van der Waals surface area contributed by atoms with Crippen molar-refractivity contribution >= 4 is 11.6 Å². The number of carbonyl (C=O) groups excluding carboxylic acids is 1. The number of hydrogen-bond donors (Lipinski definition) is 0. The largest absolute Gasteiger partial charge is 0.491 e. The minimum atomic E-state index is -0.0502. The Balaban J connectivity index is 1.39. The molecule has 0 radical (unpaired) electrons. The lowest BCUT2D eigenvalue weighted by molar-refractivity contribution is 0.0984. The number of anilines is 1. The summed E-state index contributed by atoms with van der Waals surface area (Å²) in [5, 5.41) is 4.01. The molecule has 0 aliphatic carbocycles. The van der Waals surface area contributed by atoms with E-state index in [1.807, 2.05) is 67.5 Å². The van der Waals surface area contributed by atoms with E-state index >= 15 is 0 Å². The van der Waals surface area contributed by atoms with Crippen LogP contribution in [-0.2, 0) is 6.42 Å². The van der Waals surface area contributed by atoms with Crippen LogP contribution in [0.2, 0.25) is 0 Å². The predicted octanol–water partition coefficient (Wildman–Crippen LogP) is 5.56. The number of hydrogen-bond acceptors (Lipinski definition) is 7. The van der Waals surface area contributed by atoms with Crippen LogP contribution in [0.5, 0.6) is 11.5 Å². The van der Waals surface area contributed by atoms with Crippen LogP contribution >= 0.6 is 0 Å². The molecule has 0 bridgehead atoms.